The van der Waals surface area contributed by atoms with Gasteiger partial charge >= 0.3 is 5.97 Å². The zero-order valence-electron chi connectivity index (χ0n) is 8.79. The molecular weight excluding hydrogens is 197 g/mol. The number of nitrogens with two attached hydrogens (primary N) is 1. The smallest absolute Gasteiger partial charge is 0.341 e. The van der Waals surface area contributed by atoms with E-state index in [4.69, 9.17) is 10.5 Å². The summed E-state index contributed by atoms with van der Waals surface area (Å²) in [5.41, 5.74) is 5.56. The molecule has 0 amide bonds. The summed E-state index contributed by atoms with van der Waals surface area (Å²) in [6.45, 7) is 4.10. The molecule has 0 saturated heterocycles. The van der Waals surface area contributed by atoms with Gasteiger partial charge in [0.2, 0.25) is 0 Å². The van der Waals surface area contributed by atoms with Gasteiger partial charge in [-0.25, -0.2) is 9.18 Å². The van der Waals surface area contributed by atoms with Crippen LogP contribution in [0.3, 0.4) is 0 Å². The number of hydrogen-bond donors (Lipinski definition) is 1. The summed E-state index contributed by atoms with van der Waals surface area (Å²) in [4.78, 5) is 11.4. The lowest BCUT2D eigenvalue weighted by molar-refractivity contribution is 0.0453. The van der Waals surface area contributed by atoms with Crippen LogP contribution in [0.2, 0.25) is 0 Å². The third-order valence-corrected chi connectivity index (χ3v) is 1.76. The van der Waals surface area contributed by atoms with E-state index in [1.807, 2.05) is 13.8 Å². The van der Waals surface area contributed by atoms with Crippen LogP contribution in [0.1, 0.15) is 24.2 Å². The summed E-state index contributed by atoms with van der Waals surface area (Å²) < 4.78 is 18.1. The van der Waals surface area contributed by atoms with Crippen molar-refractivity contribution in [1.29, 1.82) is 0 Å². The lowest BCUT2D eigenvalue weighted by Gasteiger charge is -2.07. The first-order valence-corrected chi connectivity index (χ1v) is 4.73. The van der Waals surface area contributed by atoms with Crippen LogP contribution >= 0.6 is 0 Å². The van der Waals surface area contributed by atoms with Crippen molar-refractivity contribution in [1.82, 2.24) is 0 Å². The molecule has 0 heterocycles. The summed E-state index contributed by atoms with van der Waals surface area (Å²) in [6, 6.07) is 3.90. The molecule has 0 atom stereocenters. The molecule has 2 N–H and O–H groups in total. The maximum absolute atomic E-state index is 13.2. The molecule has 82 valence electrons. The maximum Gasteiger partial charge on any atom is 0.341 e. The average molecular weight is 211 g/mol. The van der Waals surface area contributed by atoms with Gasteiger partial charge in [0.1, 0.15) is 5.82 Å². The van der Waals surface area contributed by atoms with Crippen LogP contribution in [0.5, 0.6) is 0 Å². The zero-order chi connectivity index (χ0) is 11.4. The van der Waals surface area contributed by atoms with Gasteiger partial charge in [0.15, 0.2) is 0 Å². The third kappa shape index (κ3) is 3.23. The van der Waals surface area contributed by atoms with E-state index < -0.39 is 11.8 Å². The molecule has 0 bridgehead atoms. The van der Waals surface area contributed by atoms with E-state index in [-0.39, 0.29) is 23.8 Å². The fraction of sp³-hybridized carbons (Fsp3) is 0.364. The van der Waals surface area contributed by atoms with Gasteiger partial charge in [-0.1, -0.05) is 13.8 Å². The van der Waals surface area contributed by atoms with Crippen LogP contribution in [0, 0.1) is 11.7 Å². The van der Waals surface area contributed by atoms with Gasteiger partial charge in [0.25, 0.3) is 0 Å². The number of hydrogen-bond acceptors (Lipinski definition) is 3. The van der Waals surface area contributed by atoms with Crippen molar-refractivity contribution < 1.29 is 13.9 Å². The molecule has 0 aliphatic carbocycles. The lowest BCUT2D eigenvalue weighted by atomic mass is 10.2. The highest BCUT2D eigenvalue weighted by Crippen LogP contribution is 2.13. The Bertz CT molecular complexity index is 364. The van der Waals surface area contributed by atoms with Crippen molar-refractivity contribution in [2.24, 2.45) is 5.92 Å². The van der Waals surface area contributed by atoms with Crippen molar-refractivity contribution in [3.05, 3.63) is 29.6 Å². The predicted octanol–water partition coefficient (Wildman–Crippen LogP) is 2.22. The number of halogens is 1. The minimum Gasteiger partial charge on any atom is -0.462 e. The number of esters is 1. The van der Waals surface area contributed by atoms with Crippen LogP contribution < -0.4 is 5.73 Å². The van der Waals surface area contributed by atoms with Crippen molar-refractivity contribution in [3.8, 4) is 0 Å². The van der Waals surface area contributed by atoms with E-state index in [0.717, 1.165) is 6.07 Å². The molecule has 0 aliphatic heterocycles. The molecule has 0 aliphatic rings. The highest BCUT2D eigenvalue weighted by molar-refractivity contribution is 5.90. The lowest BCUT2D eigenvalue weighted by Crippen LogP contribution is -2.11. The summed E-state index contributed by atoms with van der Waals surface area (Å²) in [7, 11) is 0. The Kier molecular flexibility index (Phi) is 3.66. The van der Waals surface area contributed by atoms with Gasteiger partial charge in [0, 0.05) is 5.69 Å². The highest BCUT2D eigenvalue weighted by Gasteiger charge is 2.13. The first kappa shape index (κ1) is 11.5. The van der Waals surface area contributed by atoms with Gasteiger partial charge in [-0.05, 0) is 24.1 Å². The molecule has 3 nitrogen and oxygen atoms in total. The molecule has 1 rings (SSSR count). The predicted molar refractivity (Wildman–Crippen MR) is 55.9 cm³/mol. The number of benzene rings is 1. The summed E-state index contributed by atoms with van der Waals surface area (Å²) >= 11 is 0. The first-order chi connectivity index (χ1) is 7.00. The van der Waals surface area contributed by atoms with Crippen molar-refractivity contribution >= 4 is 11.7 Å². The zero-order valence-corrected chi connectivity index (χ0v) is 8.79. The molecule has 0 aromatic heterocycles. The largest absolute Gasteiger partial charge is 0.462 e. The summed E-state index contributed by atoms with van der Waals surface area (Å²) in [6.07, 6.45) is 0. The van der Waals surface area contributed by atoms with Crippen molar-refractivity contribution in [2.45, 2.75) is 13.8 Å². The Morgan fingerprint density at radius 1 is 1.53 bits per heavy atom. The van der Waals surface area contributed by atoms with Gasteiger partial charge in [-0.15, -0.1) is 0 Å². The third-order valence-electron chi connectivity index (χ3n) is 1.76. The number of nitrogen functional groups attached to an aromatic ring is 1. The van der Waals surface area contributed by atoms with E-state index in [0.29, 0.717) is 0 Å². The Labute approximate surface area is 88.0 Å². The number of rotatable bonds is 3. The second-order valence-electron chi connectivity index (χ2n) is 3.73. The van der Waals surface area contributed by atoms with E-state index >= 15 is 0 Å². The highest BCUT2D eigenvalue weighted by atomic mass is 19.1. The van der Waals surface area contributed by atoms with Crippen LogP contribution in [0.25, 0.3) is 0 Å². The fourth-order valence-corrected chi connectivity index (χ4v) is 1.02. The topological polar surface area (TPSA) is 52.3 Å². The van der Waals surface area contributed by atoms with Crippen molar-refractivity contribution in [3.63, 3.8) is 0 Å². The number of ether oxygens (including phenoxy) is 1. The maximum atomic E-state index is 13.2. The molecule has 0 fully saturated rings. The van der Waals surface area contributed by atoms with Gasteiger partial charge in [-0.3, -0.25) is 0 Å². The normalized spacial score (nSPS) is 10.4. The Morgan fingerprint density at radius 3 is 2.73 bits per heavy atom. The average Bonchev–Trinajstić information content (AvgIpc) is 2.14. The van der Waals surface area contributed by atoms with Gasteiger partial charge < -0.3 is 10.5 Å². The Morgan fingerprint density at radius 2 is 2.20 bits per heavy atom. The molecule has 0 unspecified atom stereocenters. The van der Waals surface area contributed by atoms with Crippen LogP contribution in [0.15, 0.2) is 18.2 Å². The minimum atomic E-state index is -0.652. The molecule has 0 radical (unpaired) electrons. The van der Waals surface area contributed by atoms with Gasteiger partial charge in [0.05, 0.1) is 12.2 Å². The summed E-state index contributed by atoms with van der Waals surface area (Å²) in [5.74, 6) is -1.07. The van der Waals surface area contributed by atoms with Crippen LogP contribution in [-0.4, -0.2) is 12.6 Å². The standard InChI is InChI=1S/C11H14FNO2/c1-7(2)6-15-11(14)9-4-3-8(13)5-10(9)12/h3-5,7H,6,13H2,1-2H3. The molecule has 1 aromatic carbocycles. The molecule has 1 aromatic rings. The number of carbonyl (C=O) groups excluding carboxylic acids is 1. The van der Waals surface area contributed by atoms with E-state index in [1.165, 1.54) is 12.1 Å². The molecule has 0 saturated carbocycles. The quantitative estimate of drug-likeness (QED) is 0.616. The molecule has 4 heteroatoms. The first-order valence-electron chi connectivity index (χ1n) is 4.73. The SMILES string of the molecule is CC(C)COC(=O)c1ccc(N)cc1F. The fourth-order valence-electron chi connectivity index (χ4n) is 1.02. The molecule has 0 spiro atoms. The van der Waals surface area contributed by atoms with Crippen LogP contribution in [-0.2, 0) is 4.74 Å². The second kappa shape index (κ2) is 4.77. The second-order valence-corrected chi connectivity index (χ2v) is 3.73. The van der Waals surface area contributed by atoms with Gasteiger partial charge in [-0.2, -0.15) is 0 Å². The summed E-state index contributed by atoms with van der Waals surface area (Å²) in [5, 5.41) is 0. The monoisotopic (exact) mass is 211 g/mol. The minimum absolute atomic E-state index is 0.0788. The Balaban J connectivity index is 2.74. The molecule has 15 heavy (non-hydrogen) atoms. The van der Waals surface area contributed by atoms with E-state index in [1.54, 1.807) is 0 Å². The van der Waals surface area contributed by atoms with E-state index in [9.17, 15) is 9.18 Å². The van der Waals surface area contributed by atoms with Crippen LogP contribution in [0.4, 0.5) is 10.1 Å². The Hall–Kier alpha value is -1.58. The number of anilines is 1. The number of carbonyl (C=O) groups is 1. The van der Waals surface area contributed by atoms with E-state index in [2.05, 4.69) is 0 Å². The van der Waals surface area contributed by atoms with Crippen molar-refractivity contribution in [2.75, 3.05) is 12.3 Å². The molecular formula is C11H14FNO2.